The van der Waals surface area contributed by atoms with Gasteiger partial charge in [-0.05, 0) is 49.4 Å². The maximum Gasteiger partial charge on any atom is 0.251 e. The molecule has 2 rings (SSSR count). The van der Waals surface area contributed by atoms with Crippen LogP contribution in [0.1, 0.15) is 56.3 Å². The first-order chi connectivity index (χ1) is 12.4. The summed E-state index contributed by atoms with van der Waals surface area (Å²) < 4.78 is 27.0. The number of hydrogen-bond acceptors (Lipinski definition) is 4. The minimum atomic E-state index is -3.49. The highest BCUT2D eigenvalue weighted by Crippen LogP contribution is 2.23. The Labute approximate surface area is 157 Å². The molecule has 1 fully saturated rings. The molecule has 3 N–H and O–H groups in total. The topological polar surface area (TPSA) is 92.5 Å². The maximum atomic E-state index is 12.7. The van der Waals surface area contributed by atoms with Crippen molar-refractivity contribution in [3.63, 3.8) is 0 Å². The average Bonchev–Trinajstić information content (AvgIpc) is 2.65. The summed E-state index contributed by atoms with van der Waals surface area (Å²) in [6.07, 6.45) is 4.68. The van der Waals surface area contributed by atoms with E-state index in [1.54, 1.807) is 12.1 Å². The second kappa shape index (κ2) is 9.48. The number of carbonyl (C=O) groups is 1. The van der Waals surface area contributed by atoms with E-state index in [9.17, 15) is 13.2 Å². The fourth-order valence-electron chi connectivity index (χ4n) is 3.12. The lowest BCUT2D eigenvalue weighted by Gasteiger charge is -2.29. The van der Waals surface area contributed by atoms with Gasteiger partial charge in [0.15, 0.2) is 0 Å². The average molecular weight is 382 g/mol. The fourth-order valence-corrected chi connectivity index (χ4v) is 4.59. The highest BCUT2D eigenvalue weighted by molar-refractivity contribution is 7.89. The van der Waals surface area contributed by atoms with Crippen LogP contribution in [0.3, 0.4) is 0 Å². The molecule has 1 heterocycles. The molecule has 1 saturated heterocycles. The molecule has 0 radical (unpaired) electrons. The molecule has 1 aliphatic heterocycles. The Morgan fingerprint density at radius 2 is 1.88 bits per heavy atom. The second-order valence-corrected chi connectivity index (χ2v) is 9.10. The number of amides is 1. The number of piperidine rings is 1. The third-order valence-electron chi connectivity index (χ3n) is 5.02. The van der Waals surface area contributed by atoms with E-state index in [2.05, 4.69) is 19.2 Å². The van der Waals surface area contributed by atoms with Crippen LogP contribution in [0.15, 0.2) is 29.2 Å². The van der Waals surface area contributed by atoms with Crippen molar-refractivity contribution in [2.24, 2.45) is 11.7 Å². The third-order valence-corrected chi connectivity index (χ3v) is 6.94. The minimum absolute atomic E-state index is 0.0544. The normalized spacial score (nSPS) is 17.8. The van der Waals surface area contributed by atoms with Crippen molar-refractivity contribution in [2.45, 2.75) is 56.9 Å². The number of nitrogens with zero attached hydrogens (tertiary/aromatic N) is 1. The molecule has 0 saturated carbocycles. The number of carbonyl (C=O) groups excluding carboxylic acids is 1. The van der Waals surface area contributed by atoms with E-state index in [1.807, 2.05) is 0 Å². The molecule has 0 spiro atoms. The Morgan fingerprint density at radius 3 is 2.42 bits per heavy atom. The zero-order chi connectivity index (χ0) is 19.2. The number of rotatable bonds is 8. The number of nitrogens with one attached hydrogen (secondary N) is 1. The van der Waals surface area contributed by atoms with Crippen LogP contribution in [-0.2, 0) is 10.0 Å². The number of nitrogens with two attached hydrogens (primary N) is 1. The van der Waals surface area contributed by atoms with Crippen molar-refractivity contribution in [3.05, 3.63) is 29.8 Å². The summed E-state index contributed by atoms with van der Waals surface area (Å²) in [4.78, 5) is 12.6. The first-order valence-corrected chi connectivity index (χ1v) is 10.9. The molecule has 7 heteroatoms. The van der Waals surface area contributed by atoms with Gasteiger partial charge in [-0.15, -0.1) is 0 Å². The van der Waals surface area contributed by atoms with Gasteiger partial charge in [0, 0.05) is 31.2 Å². The minimum Gasteiger partial charge on any atom is -0.348 e. The quantitative estimate of drug-likeness (QED) is 0.723. The summed E-state index contributed by atoms with van der Waals surface area (Å²) in [5.74, 6) is 0.350. The smallest absolute Gasteiger partial charge is 0.251 e. The number of hydrogen-bond donors (Lipinski definition) is 2. The summed E-state index contributed by atoms with van der Waals surface area (Å²) in [6.45, 7) is 5.75. The van der Waals surface area contributed by atoms with Crippen molar-refractivity contribution >= 4 is 15.9 Å². The van der Waals surface area contributed by atoms with E-state index in [-0.39, 0.29) is 16.8 Å². The SMILES string of the molecule is CCCCC(CN)NC(=O)c1ccc(S(=O)(=O)N2CCC(C)CC2)cc1. The van der Waals surface area contributed by atoms with Gasteiger partial charge in [-0.1, -0.05) is 26.7 Å². The molecule has 0 aromatic heterocycles. The Kier molecular flexibility index (Phi) is 7.61. The van der Waals surface area contributed by atoms with Crippen molar-refractivity contribution < 1.29 is 13.2 Å². The largest absolute Gasteiger partial charge is 0.348 e. The van der Waals surface area contributed by atoms with Gasteiger partial charge in [-0.25, -0.2) is 8.42 Å². The van der Waals surface area contributed by atoms with Gasteiger partial charge in [0.1, 0.15) is 0 Å². The Morgan fingerprint density at radius 1 is 1.27 bits per heavy atom. The third kappa shape index (κ3) is 5.28. The van der Waals surface area contributed by atoms with Crippen molar-refractivity contribution in [2.75, 3.05) is 19.6 Å². The summed E-state index contributed by atoms with van der Waals surface area (Å²) in [5, 5.41) is 2.92. The maximum absolute atomic E-state index is 12.7. The molecule has 1 atom stereocenters. The van der Waals surface area contributed by atoms with Gasteiger partial charge in [0.25, 0.3) is 5.91 Å². The van der Waals surface area contributed by atoms with Crippen LogP contribution in [0.25, 0.3) is 0 Å². The van der Waals surface area contributed by atoms with E-state index in [0.717, 1.165) is 32.1 Å². The predicted molar refractivity (Wildman–Crippen MR) is 103 cm³/mol. The molecule has 0 bridgehead atoms. The van der Waals surface area contributed by atoms with Crippen molar-refractivity contribution in [1.82, 2.24) is 9.62 Å². The van der Waals surface area contributed by atoms with Gasteiger partial charge in [-0.2, -0.15) is 4.31 Å². The molecule has 146 valence electrons. The zero-order valence-corrected chi connectivity index (χ0v) is 16.6. The molecule has 1 unspecified atom stereocenters. The lowest BCUT2D eigenvalue weighted by Crippen LogP contribution is -2.40. The van der Waals surface area contributed by atoms with E-state index in [0.29, 0.717) is 31.1 Å². The lowest BCUT2D eigenvalue weighted by molar-refractivity contribution is 0.0935. The number of benzene rings is 1. The molecule has 1 amide bonds. The van der Waals surface area contributed by atoms with E-state index < -0.39 is 10.0 Å². The van der Waals surface area contributed by atoms with E-state index in [1.165, 1.54) is 16.4 Å². The second-order valence-electron chi connectivity index (χ2n) is 7.16. The Hall–Kier alpha value is -1.44. The number of unbranched alkanes of at least 4 members (excludes halogenated alkanes) is 1. The van der Waals surface area contributed by atoms with Crippen LogP contribution < -0.4 is 11.1 Å². The molecular formula is C19H31N3O3S. The van der Waals surface area contributed by atoms with Crippen LogP contribution >= 0.6 is 0 Å². The first kappa shape index (κ1) is 20.9. The standard InChI is InChI=1S/C19H31N3O3S/c1-3-4-5-17(14-20)21-19(23)16-6-8-18(9-7-16)26(24,25)22-12-10-15(2)11-13-22/h6-9,15,17H,3-5,10-14,20H2,1-2H3,(H,21,23). The Balaban J connectivity index is 2.04. The molecule has 6 nitrogen and oxygen atoms in total. The van der Waals surface area contributed by atoms with Crippen LogP contribution in [0, 0.1) is 5.92 Å². The van der Waals surface area contributed by atoms with Crippen LogP contribution in [0.4, 0.5) is 0 Å². The fraction of sp³-hybridized carbons (Fsp3) is 0.632. The van der Waals surface area contributed by atoms with Crippen molar-refractivity contribution in [3.8, 4) is 0 Å². The van der Waals surface area contributed by atoms with Crippen LogP contribution in [-0.4, -0.2) is 44.3 Å². The molecule has 0 aliphatic carbocycles. The van der Waals surface area contributed by atoms with Gasteiger partial charge in [-0.3, -0.25) is 4.79 Å². The number of sulfonamides is 1. The predicted octanol–water partition coefficient (Wildman–Crippen LogP) is 2.35. The van der Waals surface area contributed by atoms with Crippen LogP contribution in [0.5, 0.6) is 0 Å². The van der Waals surface area contributed by atoms with E-state index >= 15 is 0 Å². The van der Waals surface area contributed by atoms with Gasteiger partial charge >= 0.3 is 0 Å². The monoisotopic (exact) mass is 381 g/mol. The summed E-state index contributed by atoms with van der Waals surface area (Å²) in [5.41, 5.74) is 6.16. The summed E-state index contributed by atoms with van der Waals surface area (Å²) in [6, 6.07) is 6.13. The van der Waals surface area contributed by atoms with Gasteiger partial charge in [0.2, 0.25) is 10.0 Å². The summed E-state index contributed by atoms with van der Waals surface area (Å²) >= 11 is 0. The highest BCUT2D eigenvalue weighted by Gasteiger charge is 2.28. The highest BCUT2D eigenvalue weighted by atomic mass is 32.2. The summed E-state index contributed by atoms with van der Waals surface area (Å²) in [7, 11) is -3.49. The first-order valence-electron chi connectivity index (χ1n) is 9.49. The van der Waals surface area contributed by atoms with E-state index in [4.69, 9.17) is 5.73 Å². The molecular weight excluding hydrogens is 350 g/mol. The lowest BCUT2D eigenvalue weighted by atomic mass is 10.0. The molecule has 1 aromatic rings. The van der Waals surface area contributed by atoms with Gasteiger partial charge in [0.05, 0.1) is 4.90 Å². The Bertz CT molecular complexity index is 680. The molecule has 1 aromatic carbocycles. The van der Waals surface area contributed by atoms with Crippen molar-refractivity contribution in [1.29, 1.82) is 0 Å². The zero-order valence-electron chi connectivity index (χ0n) is 15.8. The van der Waals surface area contributed by atoms with Crippen LogP contribution in [0.2, 0.25) is 0 Å². The van der Waals surface area contributed by atoms with Gasteiger partial charge < -0.3 is 11.1 Å². The molecule has 26 heavy (non-hydrogen) atoms. The molecule has 1 aliphatic rings.